The predicted octanol–water partition coefficient (Wildman–Crippen LogP) is 0.702. The highest BCUT2D eigenvalue weighted by Gasteiger charge is 2.43. The van der Waals surface area contributed by atoms with E-state index in [0.29, 0.717) is 11.6 Å². The maximum atomic E-state index is 10.7. The van der Waals surface area contributed by atoms with Gasteiger partial charge in [0.15, 0.2) is 5.84 Å². The maximum absolute atomic E-state index is 10.7. The van der Waals surface area contributed by atoms with Gasteiger partial charge >= 0.3 is 0 Å². The molecule has 1 aliphatic carbocycles. The third-order valence-electron chi connectivity index (χ3n) is 4.72. The topological polar surface area (TPSA) is 108 Å². The van der Waals surface area contributed by atoms with Gasteiger partial charge in [0.25, 0.3) is 0 Å². The molecule has 1 aromatic rings. The standard InChI is InChI=1S/C14H21N5O2/c15-12(18-21)11-4-7-16-13(17-11)19-8-6-14(20)5-2-1-3-10(14)9-19/h4,7,10,20-21H,1-3,5-6,8-9H2,(H2,15,18). The highest BCUT2D eigenvalue weighted by Crippen LogP contribution is 2.40. The average molecular weight is 291 g/mol. The van der Waals surface area contributed by atoms with Gasteiger partial charge < -0.3 is 20.9 Å². The van der Waals surface area contributed by atoms with Crippen molar-refractivity contribution in [1.82, 2.24) is 9.97 Å². The minimum atomic E-state index is -0.516. The molecule has 2 fully saturated rings. The Balaban J connectivity index is 1.79. The average Bonchev–Trinajstić information content (AvgIpc) is 2.53. The summed E-state index contributed by atoms with van der Waals surface area (Å²) >= 11 is 0. The number of oxime groups is 1. The zero-order valence-corrected chi connectivity index (χ0v) is 11.9. The summed E-state index contributed by atoms with van der Waals surface area (Å²) in [5.41, 5.74) is 5.46. The molecule has 3 rings (SSSR count). The van der Waals surface area contributed by atoms with E-state index < -0.39 is 5.60 Å². The molecule has 114 valence electrons. The molecule has 1 saturated carbocycles. The van der Waals surface area contributed by atoms with E-state index in [0.717, 1.165) is 38.8 Å². The number of hydrogen-bond acceptors (Lipinski definition) is 6. The fourth-order valence-corrected chi connectivity index (χ4v) is 3.45. The first-order valence-corrected chi connectivity index (χ1v) is 7.41. The Morgan fingerprint density at radius 1 is 1.43 bits per heavy atom. The van der Waals surface area contributed by atoms with Gasteiger partial charge in [-0.1, -0.05) is 18.0 Å². The molecular formula is C14H21N5O2. The summed E-state index contributed by atoms with van der Waals surface area (Å²) in [6, 6.07) is 1.61. The lowest BCUT2D eigenvalue weighted by molar-refractivity contribution is -0.0614. The number of aromatic nitrogens is 2. The van der Waals surface area contributed by atoms with Crippen molar-refractivity contribution in [2.24, 2.45) is 16.8 Å². The number of hydrogen-bond donors (Lipinski definition) is 3. The second-order valence-corrected chi connectivity index (χ2v) is 5.97. The van der Waals surface area contributed by atoms with Gasteiger partial charge in [-0.05, 0) is 25.3 Å². The van der Waals surface area contributed by atoms with E-state index in [4.69, 9.17) is 10.9 Å². The van der Waals surface area contributed by atoms with E-state index in [-0.39, 0.29) is 11.8 Å². The number of anilines is 1. The summed E-state index contributed by atoms with van der Waals surface area (Å²) in [4.78, 5) is 10.7. The highest BCUT2D eigenvalue weighted by atomic mass is 16.4. The number of fused-ring (bicyclic) bond motifs is 1. The van der Waals surface area contributed by atoms with E-state index in [1.54, 1.807) is 12.3 Å². The molecule has 2 atom stereocenters. The van der Waals surface area contributed by atoms with Crippen molar-refractivity contribution < 1.29 is 10.3 Å². The van der Waals surface area contributed by atoms with Gasteiger partial charge in [-0.25, -0.2) is 9.97 Å². The Bertz CT molecular complexity index is 550. The van der Waals surface area contributed by atoms with Gasteiger partial charge in [-0.15, -0.1) is 0 Å². The largest absolute Gasteiger partial charge is 0.409 e. The molecular weight excluding hydrogens is 270 g/mol. The molecule has 0 radical (unpaired) electrons. The van der Waals surface area contributed by atoms with Gasteiger partial charge in [0.05, 0.1) is 5.60 Å². The van der Waals surface area contributed by atoms with Crippen LogP contribution >= 0.6 is 0 Å². The SMILES string of the molecule is N/C(=N/O)c1ccnc(N2CCC3(O)CCCCC3C2)n1. The molecule has 4 N–H and O–H groups in total. The van der Waals surface area contributed by atoms with E-state index in [1.807, 2.05) is 0 Å². The Hall–Kier alpha value is -1.89. The second kappa shape index (κ2) is 5.48. The van der Waals surface area contributed by atoms with Crippen LogP contribution in [0.1, 0.15) is 37.8 Å². The molecule has 21 heavy (non-hydrogen) atoms. The summed E-state index contributed by atoms with van der Waals surface area (Å²) in [5.74, 6) is 0.827. The van der Waals surface area contributed by atoms with Crippen LogP contribution in [0.5, 0.6) is 0 Å². The molecule has 2 unspecified atom stereocenters. The first-order chi connectivity index (χ1) is 10.1. The lowest BCUT2D eigenvalue weighted by atomic mass is 9.71. The van der Waals surface area contributed by atoms with E-state index in [1.165, 1.54) is 6.42 Å². The van der Waals surface area contributed by atoms with Crippen molar-refractivity contribution in [2.75, 3.05) is 18.0 Å². The monoisotopic (exact) mass is 291 g/mol. The fourth-order valence-electron chi connectivity index (χ4n) is 3.45. The predicted molar refractivity (Wildman–Crippen MR) is 78.3 cm³/mol. The van der Waals surface area contributed by atoms with Crippen molar-refractivity contribution in [3.63, 3.8) is 0 Å². The van der Waals surface area contributed by atoms with Gasteiger partial charge in [0.2, 0.25) is 5.95 Å². The lowest BCUT2D eigenvalue weighted by Gasteiger charge is -2.47. The normalized spacial score (nSPS) is 30.0. The summed E-state index contributed by atoms with van der Waals surface area (Å²) < 4.78 is 0. The Morgan fingerprint density at radius 3 is 3.10 bits per heavy atom. The number of amidine groups is 1. The lowest BCUT2D eigenvalue weighted by Crippen LogP contribution is -2.53. The van der Waals surface area contributed by atoms with Crippen LogP contribution in [-0.2, 0) is 0 Å². The molecule has 2 aliphatic rings. The summed E-state index contributed by atoms with van der Waals surface area (Å²) in [6.45, 7) is 1.49. The van der Waals surface area contributed by atoms with Gasteiger partial charge in [-0.3, -0.25) is 0 Å². The van der Waals surface area contributed by atoms with Crippen LogP contribution in [0.4, 0.5) is 5.95 Å². The number of aliphatic hydroxyl groups is 1. The number of piperidine rings is 1. The van der Waals surface area contributed by atoms with Crippen molar-refractivity contribution in [1.29, 1.82) is 0 Å². The number of nitrogens with two attached hydrogens (primary N) is 1. The van der Waals surface area contributed by atoms with Crippen LogP contribution in [0.2, 0.25) is 0 Å². The summed E-state index contributed by atoms with van der Waals surface area (Å²) in [5, 5.41) is 22.4. The van der Waals surface area contributed by atoms with Gasteiger partial charge in [0.1, 0.15) is 5.69 Å². The number of nitrogens with zero attached hydrogens (tertiary/aromatic N) is 4. The van der Waals surface area contributed by atoms with Gasteiger partial charge in [0, 0.05) is 25.2 Å². The van der Waals surface area contributed by atoms with E-state index in [9.17, 15) is 5.11 Å². The first-order valence-electron chi connectivity index (χ1n) is 7.41. The molecule has 1 saturated heterocycles. The molecule has 0 bridgehead atoms. The van der Waals surface area contributed by atoms with Crippen LogP contribution < -0.4 is 10.6 Å². The molecule has 0 amide bonds. The smallest absolute Gasteiger partial charge is 0.225 e. The molecule has 1 aromatic heterocycles. The van der Waals surface area contributed by atoms with Crippen molar-refractivity contribution in [3.8, 4) is 0 Å². The third kappa shape index (κ3) is 2.65. The first kappa shape index (κ1) is 14.1. The maximum Gasteiger partial charge on any atom is 0.225 e. The Labute approximate surface area is 123 Å². The molecule has 7 nitrogen and oxygen atoms in total. The number of rotatable bonds is 2. The van der Waals surface area contributed by atoms with Crippen molar-refractivity contribution >= 4 is 11.8 Å². The molecule has 1 aliphatic heterocycles. The van der Waals surface area contributed by atoms with Crippen LogP contribution in [0.15, 0.2) is 17.4 Å². The van der Waals surface area contributed by atoms with Crippen molar-refractivity contribution in [3.05, 3.63) is 18.0 Å². The van der Waals surface area contributed by atoms with Crippen LogP contribution in [0.25, 0.3) is 0 Å². The quantitative estimate of drug-likeness (QED) is 0.320. The molecule has 0 spiro atoms. The Kier molecular flexibility index (Phi) is 3.67. The van der Waals surface area contributed by atoms with E-state index in [2.05, 4.69) is 20.0 Å². The van der Waals surface area contributed by atoms with Gasteiger partial charge in [-0.2, -0.15) is 0 Å². The zero-order valence-electron chi connectivity index (χ0n) is 11.9. The minimum Gasteiger partial charge on any atom is -0.409 e. The summed E-state index contributed by atoms with van der Waals surface area (Å²) in [6.07, 6.45) is 6.59. The summed E-state index contributed by atoms with van der Waals surface area (Å²) in [7, 11) is 0. The molecule has 7 heteroatoms. The highest BCUT2D eigenvalue weighted by molar-refractivity contribution is 5.95. The van der Waals surface area contributed by atoms with Crippen molar-refractivity contribution in [2.45, 2.75) is 37.7 Å². The van der Waals surface area contributed by atoms with E-state index >= 15 is 0 Å². The second-order valence-electron chi connectivity index (χ2n) is 5.97. The Morgan fingerprint density at radius 2 is 2.29 bits per heavy atom. The zero-order chi connectivity index (χ0) is 14.9. The minimum absolute atomic E-state index is 0.0233. The van der Waals surface area contributed by atoms with Crippen LogP contribution in [0.3, 0.4) is 0 Å². The van der Waals surface area contributed by atoms with Crippen LogP contribution in [-0.4, -0.2) is 44.8 Å². The fraction of sp³-hybridized carbons (Fsp3) is 0.643. The third-order valence-corrected chi connectivity index (χ3v) is 4.72. The molecule has 2 heterocycles. The molecule has 0 aromatic carbocycles. The van der Waals surface area contributed by atoms with Crippen LogP contribution in [0, 0.1) is 5.92 Å².